The molecule has 30 heavy (non-hydrogen) atoms. The van der Waals surface area contributed by atoms with Gasteiger partial charge in [0.15, 0.2) is 0 Å². The number of hydrogen-bond acceptors (Lipinski definition) is 5. The van der Waals surface area contributed by atoms with Gasteiger partial charge >= 0.3 is 6.18 Å². The standard InChI is InChI=1S/C21H15ClF3N3OS/c1-2-29-16-6-3-13(4-7-16)19-12-30-20(28-19)14(10-26)11-27-15-5-8-18(22)17(9-15)21(23,24)25/h3-9,11-12,27H,2H2,1H3/b14-11-. The molecule has 1 N–H and O–H groups in total. The van der Waals surface area contributed by atoms with Crippen LogP contribution in [-0.4, -0.2) is 11.6 Å². The normalized spacial score (nSPS) is 11.8. The summed E-state index contributed by atoms with van der Waals surface area (Å²) in [5.41, 5.74) is 0.945. The second kappa shape index (κ2) is 9.20. The van der Waals surface area contributed by atoms with E-state index in [4.69, 9.17) is 16.3 Å². The summed E-state index contributed by atoms with van der Waals surface area (Å²) >= 11 is 6.89. The van der Waals surface area contributed by atoms with Crippen LogP contribution < -0.4 is 10.1 Å². The van der Waals surface area contributed by atoms with Crippen LogP contribution in [0.5, 0.6) is 5.75 Å². The lowest BCUT2D eigenvalue weighted by Gasteiger charge is -2.10. The van der Waals surface area contributed by atoms with Gasteiger partial charge in [-0.2, -0.15) is 18.4 Å². The number of ether oxygens (including phenoxy) is 1. The molecule has 0 amide bonds. The van der Waals surface area contributed by atoms with Crippen molar-refractivity contribution in [1.82, 2.24) is 4.98 Å². The third-order valence-corrected chi connectivity index (χ3v) is 5.18. The second-order valence-corrected chi connectivity index (χ2v) is 7.27. The molecule has 0 saturated carbocycles. The molecule has 9 heteroatoms. The molecule has 0 fully saturated rings. The highest BCUT2D eigenvalue weighted by atomic mass is 35.5. The van der Waals surface area contributed by atoms with Gasteiger partial charge in [0, 0.05) is 22.8 Å². The maximum absolute atomic E-state index is 13.0. The monoisotopic (exact) mass is 449 g/mol. The van der Waals surface area contributed by atoms with Gasteiger partial charge in [-0.3, -0.25) is 0 Å². The van der Waals surface area contributed by atoms with Crippen molar-refractivity contribution < 1.29 is 17.9 Å². The number of nitrogens with zero attached hydrogens (tertiary/aromatic N) is 2. The van der Waals surface area contributed by atoms with Gasteiger partial charge in [0.05, 0.1) is 22.9 Å². The van der Waals surface area contributed by atoms with Crippen LogP contribution in [0.1, 0.15) is 17.5 Å². The number of alkyl halides is 3. The number of nitrogens with one attached hydrogen (secondary N) is 1. The fourth-order valence-corrected chi connectivity index (χ4v) is 3.57. The van der Waals surface area contributed by atoms with Crippen molar-refractivity contribution in [2.24, 2.45) is 0 Å². The summed E-state index contributed by atoms with van der Waals surface area (Å²) in [5.74, 6) is 0.750. The van der Waals surface area contributed by atoms with Crippen molar-refractivity contribution >= 4 is 34.2 Å². The molecule has 0 aliphatic heterocycles. The Labute approximate surface area is 180 Å². The van der Waals surface area contributed by atoms with Gasteiger partial charge in [-0.25, -0.2) is 4.98 Å². The highest BCUT2D eigenvalue weighted by molar-refractivity contribution is 7.11. The Morgan fingerprint density at radius 2 is 2.00 bits per heavy atom. The van der Waals surface area contributed by atoms with Gasteiger partial charge in [0.2, 0.25) is 0 Å². The molecule has 154 valence electrons. The van der Waals surface area contributed by atoms with E-state index in [9.17, 15) is 18.4 Å². The van der Waals surface area contributed by atoms with Gasteiger partial charge in [-0.1, -0.05) is 11.6 Å². The maximum atomic E-state index is 13.0. The van der Waals surface area contributed by atoms with Crippen molar-refractivity contribution in [2.45, 2.75) is 13.1 Å². The van der Waals surface area contributed by atoms with Crippen LogP contribution in [0.4, 0.5) is 18.9 Å². The molecule has 0 aliphatic carbocycles. The highest BCUT2D eigenvalue weighted by Crippen LogP contribution is 2.36. The van der Waals surface area contributed by atoms with E-state index in [1.165, 1.54) is 23.6 Å². The Balaban J connectivity index is 1.80. The average Bonchev–Trinajstić information content (AvgIpc) is 3.19. The smallest absolute Gasteiger partial charge is 0.417 e. The van der Waals surface area contributed by atoms with E-state index in [0.717, 1.165) is 23.4 Å². The maximum Gasteiger partial charge on any atom is 0.417 e. The summed E-state index contributed by atoms with van der Waals surface area (Å²) in [6.45, 7) is 2.47. The molecule has 0 unspecified atom stereocenters. The number of aromatic nitrogens is 1. The zero-order valence-electron chi connectivity index (χ0n) is 15.6. The van der Waals surface area contributed by atoms with E-state index in [2.05, 4.69) is 10.3 Å². The van der Waals surface area contributed by atoms with Gasteiger partial charge in [0.1, 0.15) is 22.4 Å². The number of anilines is 1. The van der Waals surface area contributed by atoms with E-state index in [1.807, 2.05) is 37.3 Å². The average molecular weight is 450 g/mol. The molecule has 0 saturated heterocycles. The zero-order valence-corrected chi connectivity index (χ0v) is 17.2. The van der Waals surface area contributed by atoms with Crippen LogP contribution in [-0.2, 0) is 6.18 Å². The van der Waals surface area contributed by atoms with E-state index in [-0.39, 0.29) is 11.3 Å². The third kappa shape index (κ3) is 5.12. The first-order valence-corrected chi connectivity index (χ1v) is 10.00. The van der Waals surface area contributed by atoms with Crippen molar-refractivity contribution in [2.75, 3.05) is 11.9 Å². The van der Waals surface area contributed by atoms with Crippen LogP contribution in [0.3, 0.4) is 0 Å². The number of rotatable bonds is 6. The minimum Gasteiger partial charge on any atom is -0.494 e. The Morgan fingerprint density at radius 1 is 1.27 bits per heavy atom. The Morgan fingerprint density at radius 3 is 2.63 bits per heavy atom. The lowest BCUT2D eigenvalue weighted by molar-refractivity contribution is -0.137. The van der Waals surface area contributed by atoms with Crippen molar-refractivity contribution in [3.8, 4) is 23.1 Å². The minimum atomic E-state index is -4.57. The molecule has 3 aromatic rings. The first kappa shape index (κ1) is 21.7. The summed E-state index contributed by atoms with van der Waals surface area (Å²) < 4.78 is 44.4. The molecule has 2 aromatic carbocycles. The highest BCUT2D eigenvalue weighted by Gasteiger charge is 2.33. The number of thiazole rings is 1. The number of halogens is 4. The van der Waals surface area contributed by atoms with E-state index in [0.29, 0.717) is 17.3 Å². The van der Waals surface area contributed by atoms with Crippen LogP contribution in [0, 0.1) is 11.3 Å². The number of benzene rings is 2. The molecular weight excluding hydrogens is 435 g/mol. The lowest BCUT2D eigenvalue weighted by atomic mass is 10.1. The fourth-order valence-electron chi connectivity index (χ4n) is 2.55. The predicted octanol–water partition coefficient (Wildman–Crippen LogP) is 6.86. The lowest BCUT2D eigenvalue weighted by Crippen LogP contribution is -2.06. The molecule has 1 heterocycles. The number of hydrogen-bond donors (Lipinski definition) is 1. The fraction of sp³-hybridized carbons (Fsp3) is 0.143. The minimum absolute atomic E-state index is 0.155. The first-order valence-electron chi connectivity index (χ1n) is 8.74. The number of allylic oxidation sites excluding steroid dienone is 1. The van der Waals surface area contributed by atoms with Crippen LogP contribution in [0.15, 0.2) is 54.0 Å². The second-order valence-electron chi connectivity index (χ2n) is 6.00. The van der Waals surface area contributed by atoms with E-state index < -0.39 is 16.8 Å². The molecule has 4 nitrogen and oxygen atoms in total. The van der Waals surface area contributed by atoms with Crippen LogP contribution >= 0.6 is 22.9 Å². The Hall–Kier alpha value is -3.02. The third-order valence-electron chi connectivity index (χ3n) is 3.97. The molecule has 0 radical (unpaired) electrons. The zero-order chi connectivity index (χ0) is 21.7. The first-order chi connectivity index (χ1) is 14.3. The van der Waals surface area contributed by atoms with Crippen molar-refractivity contribution in [3.63, 3.8) is 0 Å². The molecule has 0 aliphatic rings. The molecular formula is C21H15ClF3N3OS. The van der Waals surface area contributed by atoms with Crippen LogP contribution in [0.25, 0.3) is 16.8 Å². The Kier molecular flexibility index (Phi) is 6.65. The number of nitriles is 1. The van der Waals surface area contributed by atoms with E-state index in [1.54, 1.807) is 5.38 Å². The Bertz CT molecular complexity index is 1100. The summed E-state index contributed by atoms with van der Waals surface area (Å²) in [6, 6.07) is 12.9. The molecule has 0 atom stereocenters. The summed E-state index contributed by atoms with van der Waals surface area (Å²) in [5, 5.41) is 14.0. The quantitative estimate of drug-likeness (QED) is 0.418. The summed E-state index contributed by atoms with van der Waals surface area (Å²) in [6.07, 6.45) is -3.25. The van der Waals surface area contributed by atoms with Crippen molar-refractivity contribution in [3.05, 3.63) is 69.6 Å². The van der Waals surface area contributed by atoms with Crippen LogP contribution in [0.2, 0.25) is 5.02 Å². The van der Waals surface area contributed by atoms with Gasteiger partial charge < -0.3 is 10.1 Å². The SMILES string of the molecule is CCOc1ccc(-c2csc(/C(C#N)=C\Nc3ccc(Cl)c(C(F)(F)F)c3)n2)cc1. The molecule has 3 rings (SSSR count). The summed E-state index contributed by atoms with van der Waals surface area (Å²) in [4.78, 5) is 4.46. The summed E-state index contributed by atoms with van der Waals surface area (Å²) in [7, 11) is 0. The molecule has 0 bridgehead atoms. The molecule has 0 spiro atoms. The van der Waals surface area contributed by atoms with E-state index >= 15 is 0 Å². The predicted molar refractivity (Wildman–Crippen MR) is 112 cm³/mol. The largest absolute Gasteiger partial charge is 0.494 e. The van der Waals surface area contributed by atoms with Gasteiger partial charge in [-0.05, 0) is 49.4 Å². The molecule has 1 aromatic heterocycles. The van der Waals surface area contributed by atoms with Crippen molar-refractivity contribution in [1.29, 1.82) is 5.26 Å². The van der Waals surface area contributed by atoms with Gasteiger partial charge in [-0.15, -0.1) is 11.3 Å². The topological polar surface area (TPSA) is 57.9 Å². The van der Waals surface area contributed by atoms with Gasteiger partial charge in [0.25, 0.3) is 0 Å².